The van der Waals surface area contributed by atoms with Crippen molar-refractivity contribution in [3.63, 3.8) is 0 Å². The highest BCUT2D eigenvalue weighted by Crippen LogP contribution is 2.26. The van der Waals surface area contributed by atoms with Crippen molar-refractivity contribution >= 4 is 11.6 Å². The predicted molar refractivity (Wildman–Crippen MR) is 82.9 cm³/mol. The molecule has 0 fully saturated rings. The van der Waals surface area contributed by atoms with Gasteiger partial charge in [-0.25, -0.2) is 4.98 Å². The van der Waals surface area contributed by atoms with E-state index in [1.807, 2.05) is 39.0 Å². The van der Waals surface area contributed by atoms with Crippen molar-refractivity contribution < 1.29 is 9.21 Å². The Kier molecular flexibility index (Phi) is 4.75. The molecule has 1 heterocycles. The van der Waals surface area contributed by atoms with Crippen LogP contribution in [0.5, 0.6) is 0 Å². The first-order valence-electron chi connectivity index (χ1n) is 7.11. The van der Waals surface area contributed by atoms with E-state index >= 15 is 0 Å². The molecule has 0 aliphatic carbocycles. The molecule has 1 unspecified atom stereocenters. The van der Waals surface area contributed by atoms with Crippen molar-refractivity contribution in [2.45, 2.75) is 39.7 Å². The monoisotopic (exact) mass is 287 g/mol. The topological polar surface area (TPSA) is 81.2 Å². The van der Waals surface area contributed by atoms with Crippen LogP contribution in [0.15, 0.2) is 28.9 Å². The molecule has 0 bridgehead atoms. The van der Waals surface area contributed by atoms with Crippen LogP contribution in [0.25, 0.3) is 11.5 Å². The lowest BCUT2D eigenvalue weighted by Crippen LogP contribution is -2.35. The fraction of sp³-hybridized carbons (Fsp3) is 0.375. The number of oxazole rings is 1. The van der Waals surface area contributed by atoms with Gasteiger partial charge in [-0.1, -0.05) is 19.4 Å². The number of carbonyl (C=O) groups is 1. The molecule has 1 aromatic carbocycles. The Morgan fingerprint density at radius 1 is 1.43 bits per heavy atom. The lowest BCUT2D eigenvalue weighted by molar-refractivity contribution is -0.117. The van der Waals surface area contributed by atoms with Crippen LogP contribution in [0.2, 0.25) is 0 Å². The molecule has 0 saturated heterocycles. The van der Waals surface area contributed by atoms with Crippen molar-refractivity contribution in [2.24, 2.45) is 5.73 Å². The van der Waals surface area contributed by atoms with E-state index in [1.54, 1.807) is 6.26 Å². The molecular weight excluding hydrogens is 266 g/mol. The number of nitrogens with two attached hydrogens (primary N) is 1. The lowest BCUT2D eigenvalue weighted by atomic mass is 10.1. The van der Waals surface area contributed by atoms with Crippen LogP contribution in [0, 0.1) is 13.8 Å². The highest BCUT2D eigenvalue weighted by atomic mass is 16.3. The molecule has 1 amide bonds. The Bertz CT molecular complexity index is 634. The molecule has 1 aromatic heterocycles. The highest BCUT2D eigenvalue weighted by molar-refractivity contribution is 5.95. The van der Waals surface area contributed by atoms with Gasteiger partial charge in [-0.15, -0.1) is 0 Å². The van der Waals surface area contributed by atoms with Crippen LogP contribution in [0.1, 0.15) is 31.0 Å². The molecule has 0 saturated carbocycles. The number of benzene rings is 1. The van der Waals surface area contributed by atoms with Gasteiger partial charge in [0.25, 0.3) is 0 Å². The molecule has 0 aliphatic rings. The third-order valence-electron chi connectivity index (χ3n) is 3.29. The molecule has 112 valence electrons. The zero-order valence-electron chi connectivity index (χ0n) is 12.6. The fourth-order valence-corrected chi connectivity index (χ4v) is 2.08. The summed E-state index contributed by atoms with van der Waals surface area (Å²) in [6, 6.07) is 5.15. The second-order valence-corrected chi connectivity index (χ2v) is 5.21. The fourth-order valence-electron chi connectivity index (χ4n) is 2.08. The Morgan fingerprint density at radius 3 is 2.81 bits per heavy atom. The molecule has 1 atom stereocenters. The minimum absolute atomic E-state index is 0.171. The number of aromatic nitrogens is 1. The van der Waals surface area contributed by atoms with Gasteiger partial charge in [-0.3, -0.25) is 4.79 Å². The van der Waals surface area contributed by atoms with E-state index in [9.17, 15) is 4.79 Å². The van der Waals surface area contributed by atoms with Crippen molar-refractivity contribution in [1.29, 1.82) is 0 Å². The zero-order chi connectivity index (χ0) is 15.4. The van der Waals surface area contributed by atoms with Crippen LogP contribution in [-0.2, 0) is 4.79 Å². The highest BCUT2D eigenvalue weighted by Gasteiger charge is 2.14. The largest absolute Gasteiger partial charge is 0.444 e. The number of hydrogen-bond acceptors (Lipinski definition) is 4. The quantitative estimate of drug-likeness (QED) is 0.885. The molecule has 3 N–H and O–H groups in total. The first-order chi connectivity index (χ1) is 10.0. The van der Waals surface area contributed by atoms with Gasteiger partial charge in [0.1, 0.15) is 6.26 Å². The molecule has 0 aliphatic heterocycles. The summed E-state index contributed by atoms with van der Waals surface area (Å²) in [7, 11) is 0. The van der Waals surface area contributed by atoms with Gasteiger partial charge in [0.2, 0.25) is 11.8 Å². The summed E-state index contributed by atoms with van der Waals surface area (Å²) < 4.78 is 5.43. The van der Waals surface area contributed by atoms with Gasteiger partial charge in [0.15, 0.2) is 0 Å². The van der Waals surface area contributed by atoms with Crippen molar-refractivity contribution in [3.05, 3.63) is 35.7 Å². The van der Waals surface area contributed by atoms with E-state index in [0.29, 0.717) is 18.0 Å². The van der Waals surface area contributed by atoms with Crippen molar-refractivity contribution in [1.82, 2.24) is 4.98 Å². The smallest absolute Gasteiger partial charge is 0.241 e. The minimum atomic E-state index is -0.483. The number of rotatable bonds is 5. The van der Waals surface area contributed by atoms with E-state index < -0.39 is 6.04 Å². The van der Waals surface area contributed by atoms with Crippen LogP contribution < -0.4 is 11.1 Å². The first kappa shape index (κ1) is 15.3. The molecule has 5 nitrogen and oxygen atoms in total. The maximum Gasteiger partial charge on any atom is 0.241 e. The Balaban J connectivity index is 2.21. The molecule has 2 aromatic rings. The average Bonchev–Trinajstić information content (AvgIpc) is 2.87. The standard InChI is InChI=1S/C16H21N3O2/c1-4-5-14(17)15(20)19-12-7-6-10(2)13(8-12)16-18-11(3)9-21-16/h6-9,14H,4-5,17H2,1-3H3,(H,19,20). The van der Waals surface area contributed by atoms with E-state index in [2.05, 4.69) is 10.3 Å². The van der Waals surface area contributed by atoms with Crippen molar-refractivity contribution in [2.75, 3.05) is 5.32 Å². The number of anilines is 1. The third kappa shape index (κ3) is 3.70. The van der Waals surface area contributed by atoms with Crippen LogP contribution in [0.4, 0.5) is 5.69 Å². The van der Waals surface area contributed by atoms with Gasteiger partial charge in [-0.2, -0.15) is 0 Å². The Labute approximate surface area is 124 Å². The predicted octanol–water partition coefficient (Wildman–Crippen LogP) is 3.02. The van der Waals surface area contributed by atoms with Gasteiger partial charge in [0.05, 0.1) is 11.7 Å². The summed E-state index contributed by atoms with van der Waals surface area (Å²) in [4.78, 5) is 16.3. The van der Waals surface area contributed by atoms with Gasteiger partial charge in [-0.05, 0) is 38.0 Å². The number of aryl methyl sites for hydroxylation is 2. The Morgan fingerprint density at radius 2 is 2.19 bits per heavy atom. The molecule has 0 radical (unpaired) electrons. The molecule has 5 heteroatoms. The van der Waals surface area contributed by atoms with Crippen LogP contribution >= 0.6 is 0 Å². The number of carbonyl (C=O) groups excluding carboxylic acids is 1. The van der Waals surface area contributed by atoms with E-state index in [0.717, 1.165) is 23.2 Å². The zero-order valence-corrected chi connectivity index (χ0v) is 12.6. The van der Waals surface area contributed by atoms with E-state index in [1.165, 1.54) is 0 Å². The van der Waals surface area contributed by atoms with E-state index in [4.69, 9.17) is 10.2 Å². The van der Waals surface area contributed by atoms with Crippen molar-refractivity contribution in [3.8, 4) is 11.5 Å². The average molecular weight is 287 g/mol. The summed E-state index contributed by atoms with van der Waals surface area (Å²) in [6.45, 7) is 5.85. The van der Waals surface area contributed by atoms with Gasteiger partial charge in [0, 0.05) is 11.3 Å². The molecular formula is C16H21N3O2. The molecule has 0 spiro atoms. The third-order valence-corrected chi connectivity index (χ3v) is 3.29. The number of hydrogen-bond donors (Lipinski definition) is 2. The van der Waals surface area contributed by atoms with Gasteiger partial charge < -0.3 is 15.5 Å². The van der Waals surface area contributed by atoms with E-state index in [-0.39, 0.29) is 5.91 Å². The summed E-state index contributed by atoms with van der Waals surface area (Å²) >= 11 is 0. The summed E-state index contributed by atoms with van der Waals surface area (Å²) in [5, 5.41) is 2.84. The van der Waals surface area contributed by atoms with Gasteiger partial charge >= 0.3 is 0 Å². The lowest BCUT2D eigenvalue weighted by Gasteiger charge is -2.12. The maximum absolute atomic E-state index is 12.0. The molecule has 21 heavy (non-hydrogen) atoms. The number of amides is 1. The SMILES string of the molecule is CCCC(N)C(=O)Nc1ccc(C)c(-c2nc(C)co2)c1. The number of nitrogens with one attached hydrogen (secondary N) is 1. The normalized spacial score (nSPS) is 12.2. The van der Waals surface area contributed by atoms with Crippen LogP contribution in [0.3, 0.4) is 0 Å². The maximum atomic E-state index is 12.0. The second-order valence-electron chi connectivity index (χ2n) is 5.21. The Hall–Kier alpha value is -2.14. The summed E-state index contributed by atoms with van der Waals surface area (Å²) in [6.07, 6.45) is 3.16. The van der Waals surface area contributed by atoms with Crippen LogP contribution in [-0.4, -0.2) is 16.9 Å². The summed E-state index contributed by atoms with van der Waals surface area (Å²) in [5.74, 6) is 0.384. The summed E-state index contributed by atoms with van der Waals surface area (Å²) in [5.41, 5.74) is 9.24. The second kappa shape index (κ2) is 6.54. The number of nitrogens with zero attached hydrogens (tertiary/aromatic N) is 1. The molecule has 2 rings (SSSR count). The first-order valence-corrected chi connectivity index (χ1v) is 7.11. The minimum Gasteiger partial charge on any atom is -0.444 e.